The van der Waals surface area contributed by atoms with Crippen LogP contribution in [0.15, 0.2) is 48.9 Å². The largest absolute Gasteiger partial charge is 0.368 e. The van der Waals surface area contributed by atoms with Crippen LogP contribution in [0, 0.1) is 0 Å². The third kappa shape index (κ3) is 2.61. The van der Waals surface area contributed by atoms with Crippen molar-refractivity contribution in [2.45, 2.75) is 24.4 Å². The van der Waals surface area contributed by atoms with Gasteiger partial charge in [-0.25, -0.2) is 0 Å². The summed E-state index contributed by atoms with van der Waals surface area (Å²) in [5.74, 6) is 0.223. The molecular formula is C18H19N3O2. The molecule has 2 aliphatic rings. The zero-order valence-electron chi connectivity index (χ0n) is 12.9. The predicted molar refractivity (Wildman–Crippen MR) is 84.7 cm³/mol. The van der Waals surface area contributed by atoms with Crippen molar-refractivity contribution in [3.63, 3.8) is 0 Å². The summed E-state index contributed by atoms with van der Waals surface area (Å²) in [6, 6.07) is 10.1. The predicted octanol–water partition coefficient (Wildman–Crippen LogP) is 2.11. The Kier molecular flexibility index (Phi) is 3.58. The molecule has 1 aromatic carbocycles. The highest BCUT2D eigenvalue weighted by Gasteiger charge is 2.53. The van der Waals surface area contributed by atoms with Crippen LogP contribution in [0.25, 0.3) is 0 Å². The minimum atomic E-state index is -0.314. The van der Waals surface area contributed by atoms with Gasteiger partial charge in [-0.3, -0.25) is 14.8 Å². The number of rotatable bonds is 3. The van der Waals surface area contributed by atoms with Gasteiger partial charge in [-0.05, 0) is 18.4 Å². The Balaban J connectivity index is 1.53. The van der Waals surface area contributed by atoms with Crippen LogP contribution in [0.2, 0.25) is 0 Å². The van der Waals surface area contributed by atoms with Gasteiger partial charge in [0.15, 0.2) is 0 Å². The molecule has 0 N–H and O–H groups in total. The Hall–Kier alpha value is -2.27. The van der Waals surface area contributed by atoms with Gasteiger partial charge in [0, 0.05) is 18.9 Å². The molecule has 2 aromatic rings. The molecule has 23 heavy (non-hydrogen) atoms. The van der Waals surface area contributed by atoms with Crippen molar-refractivity contribution in [2.24, 2.45) is 0 Å². The van der Waals surface area contributed by atoms with Crippen molar-refractivity contribution >= 4 is 5.91 Å². The van der Waals surface area contributed by atoms with Crippen LogP contribution in [0.5, 0.6) is 0 Å². The van der Waals surface area contributed by atoms with Crippen LogP contribution in [-0.4, -0.2) is 40.5 Å². The molecule has 4 rings (SSSR count). The van der Waals surface area contributed by atoms with E-state index in [0.717, 1.165) is 24.1 Å². The van der Waals surface area contributed by atoms with Gasteiger partial charge in [-0.15, -0.1) is 0 Å². The summed E-state index contributed by atoms with van der Waals surface area (Å²) in [7, 11) is 0. The SMILES string of the molecule is O=C(N1CCO[C@@H](c2cnccn2)C1)C1(c2ccccc2)CC1. The maximum Gasteiger partial charge on any atom is 0.233 e. The molecule has 2 fully saturated rings. The van der Waals surface area contributed by atoms with Crippen LogP contribution >= 0.6 is 0 Å². The molecular weight excluding hydrogens is 290 g/mol. The molecule has 1 aliphatic heterocycles. The van der Waals surface area contributed by atoms with Gasteiger partial charge in [0.1, 0.15) is 6.10 Å². The molecule has 0 radical (unpaired) electrons. The van der Waals surface area contributed by atoms with Gasteiger partial charge in [0.25, 0.3) is 0 Å². The van der Waals surface area contributed by atoms with Crippen LogP contribution in [-0.2, 0) is 14.9 Å². The van der Waals surface area contributed by atoms with Gasteiger partial charge >= 0.3 is 0 Å². The Morgan fingerprint density at radius 3 is 2.74 bits per heavy atom. The average molecular weight is 309 g/mol. The quantitative estimate of drug-likeness (QED) is 0.871. The molecule has 5 nitrogen and oxygen atoms in total. The number of benzene rings is 1. The van der Waals surface area contributed by atoms with Crippen LogP contribution in [0.3, 0.4) is 0 Å². The van der Waals surface area contributed by atoms with Gasteiger partial charge in [0.05, 0.1) is 30.5 Å². The molecule has 1 saturated heterocycles. The van der Waals surface area contributed by atoms with E-state index in [-0.39, 0.29) is 17.4 Å². The van der Waals surface area contributed by atoms with E-state index >= 15 is 0 Å². The lowest BCUT2D eigenvalue weighted by molar-refractivity contribution is -0.142. The van der Waals surface area contributed by atoms with E-state index in [4.69, 9.17) is 4.74 Å². The van der Waals surface area contributed by atoms with E-state index in [0.29, 0.717) is 19.7 Å². The van der Waals surface area contributed by atoms with E-state index in [1.54, 1.807) is 18.6 Å². The summed E-state index contributed by atoms with van der Waals surface area (Å²) >= 11 is 0. The third-order valence-corrected chi connectivity index (χ3v) is 4.75. The normalized spacial score (nSPS) is 22.6. The summed E-state index contributed by atoms with van der Waals surface area (Å²) in [4.78, 5) is 23.4. The number of ether oxygens (including phenoxy) is 1. The second-order valence-electron chi connectivity index (χ2n) is 6.19. The lowest BCUT2D eigenvalue weighted by Crippen LogP contribution is -2.47. The molecule has 0 unspecified atom stereocenters. The first-order chi connectivity index (χ1) is 11.3. The molecule has 2 heterocycles. The molecule has 0 bridgehead atoms. The minimum Gasteiger partial charge on any atom is -0.368 e. The number of hydrogen-bond acceptors (Lipinski definition) is 4. The number of aromatic nitrogens is 2. The lowest BCUT2D eigenvalue weighted by atomic mass is 9.94. The van der Waals surface area contributed by atoms with E-state index in [2.05, 4.69) is 22.1 Å². The zero-order valence-corrected chi connectivity index (χ0v) is 12.9. The smallest absolute Gasteiger partial charge is 0.233 e. The fourth-order valence-electron chi connectivity index (χ4n) is 3.30. The summed E-state index contributed by atoms with van der Waals surface area (Å²) in [5, 5.41) is 0. The highest BCUT2D eigenvalue weighted by molar-refractivity contribution is 5.91. The first-order valence-corrected chi connectivity index (χ1v) is 8.02. The molecule has 1 aromatic heterocycles. The van der Waals surface area contributed by atoms with Crippen molar-refractivity contribution in [1.29, 1.82) is 0 Å². The van der Waals surface area contributed by atoms with E-state index < -0.39 is 0 Å². The molecule has 0 spiro atoms. The highest BCUT2D eigenvalue weighted by atomic mass is 16.5. The average Bonchev–Trinajstić information content (AvgIpc) is 3.45. The van der Waals surface area contributed by atoms with Crippen molar-refractivity contribution in [1.82, 2.24) is 14.9 Å². The monoisotopic (exact) mass is 309 g/mol. The summed E-state index contributed by atoms with van der Waals surface area (Å²) in [6.45, 7) is 1.73. The van der Waals surface area contributed by atoms with Crippen LogP contribution in [0.4, 0.5) is 0 Å². The fourth-order valence-corrected chi connectivity index (χ4v) is 3.30. The van der Waals surface area contributed by atoms with E-state index in [1.165, 1.54) is 0 Å². The number of hydrogen-bond donors (Lipinski definition) is 0. The Morgan fingerprint density at radius 1 is 1.22 bits per heavy atom. The van der Waals surface area contributed by atoms with Crippen molar-refractivity contribution in [2.75, 3.05) is 19.7 Å². The second-order valence-corrected chi connectivity index (χ2v) is 6.19. The number of carbonyl (C=O) groups excluding carboxylic acids is 1. The highest BCUT2D eigenvalue weighted by Crippen LogP contribution is 2.49. The molecule has 1 amide bonds. The Bertz CT molecular complexity index is 686. The first-order valence-electron chi connectivity index (χ1n) is 8.02. The zero-order chi connectivity index (χ0) is 15.7. The first kappa shape index (κ1) is 14.3. The van der Waals surface area contributed by atoms with E-state index in [9.17, 15) is 4.79 Å². The van der Waals surface area contributed by atoms with Gasteiger partial charge in [-0.1, -0.05) is 30.3 Å². The van der Waals surface area contributed by atoms with E-state index in [1.807, 2.05) is 23.1 Å². The molecule has 5 heteroatoms. The minimum absolute atomic E-state index is 0.187. The fraction of sp³-hybridized carbons (Fsp3) is 0.389. The number of nitrogens with zero attached hydrogens (tertiary/aromatic N) is 3. The molecule has 118 valence electrons. The van der Waals surface area contributed by atoms with Crippen LogP contribution in [0.1, 0.15) is 30.2 Å². The summed E-state index contributed by atoms with van der Waals surface area (Å²) in [5.41, 5.74) is 1.60. The molecule has 1 aliphatic carbocycles. The maximum absolute atomic E-state index is 13.1. The maximum atomic E-state index is 13.1. The second kappa shape index (κ2) is 5.74. The third-order valence-electron chi connectivity index (χ3n) is 4.75. The van der Waals surface area contributed by atoms with Crippen LogP contribution < -0.4 is 0 Å². The standard InChI is InChI=1S/C18H19N3O2/c22-17(18(6-7-18)14-4-2-1-3-5-14)21-10-11-23-16(13-21)15-12-19-8-9-20-15/h1-5,8-9,12,16H,6-7,10-11,13H2/t16-/m1/s1. The number of carbonyl (C=O) groups is 1. The number of morpholine rings is 1. The van der Waals surface area contributed by atoms with Gasteiger partial charge < -0.3 is 9.64 Å². The Morgan fingerprint density at radius 2 is 2.04 bits per heavy atom. The van der Waals surface area contributed by atoms with Crippen molar-refractivity contribution in [3.05, 3.63) is 60.2 Å². The summed E-state index contributed by atoms with van der Waals surface area (Å²) < 4.78 is 5.79. The topological polar surface area (TPSA) is 55.3 Å². The molecule has 1 atom stereocenters. The Labute approximate surface area is 135 Å². The van der Waals surface area contributed by atoms with Gasteiger partial charge in [0.2, 0.25) is 5.91 Å². The lowest BCUT2D eigenvalue weighted by Gasteiger charge is -2.35. The number of amides is 1. The van der Waals surface area contributed by atoms with Crippen molar-refractivity contribution in [3.8, 4) is 0 Å². The molecule has 1 saturated carbocycles. The summed E-state index contributed by atoms with van der Waals surface area (Å²) in [6.07, 6.45) is 6.69. The van der Waals surface area contributed by atoms with Gasteiger partial charge in [-0.2, -0.15) is 0 Å². The van der Waals surface area contributed by atoms with Crippen molar-refractivity contribution < 1.29 is 9.53 Å².